The topological polar surface area (TPSA) is 20.2 Å². The number of hydrogen-bond donors (Lipinski definition) is 1. The second-order valence-corrected chi connectivity index (χ2v) is 8.59. The fraction of sp³-hybridized carbons (Fsp3) is 0.692. The van der Waals surface area contributed by atoms with Gasteiger partial charge in [-0.2, -0.15) is 0 Å². The Hall–Kier alpha value is 0.620. The lowest BCUT2D eigenvalue weighted by Crippen LogP contribution is -2.25. The first-order chi connectivity index (χ1) is 8.13. The maximum Gasteiger partial charge on any atom is 0.0840 e. The Bertz CT molecular complexity index is 377. The lowest BCUT2D eigenvalue weighted by molar-refractivity contribution is 0.0450. The van der Waals surface area contributed by atoms with Crippen LogP contribution in [-0.2, 0) is 0 Å². The Kier molecular flexibility index (Phi) is 5.10. The second-order valence-electron chi connectivity index (χ2n) is 4.84. The van der Waals surface area contributed by atoms with Gasteiger partial charge in [0.1, 0.15) is 0 Å². The summed E-state index contributed by atoms with van der Waals surface area (Å²) in [4.78, 5) is 0. The van der Waals surface area contributed by atoms with E-state index in [0.717, 1.165) is 13.1 Å². The monoisotopic (exact) mass is 380 g/mol. The van der Waals surface area contributed by atoms with E-state index in [1.807, 2.05) is 0 Å². The molecular formula is C13H18Br2OS. The minimum atomic E-state index is -0.308. The van der Waals surface area contributed by atoms with Crippen LogP contribution >= 0.6 is 43.2 Å². The molecule has 1 N–H and O–H groups in total. The van der Waals surface area contributed by atoms with Gasteiger partial charge >= 0.3 is 0 Å². The number of hydrogen-bond acceptors (Lipinski definition) is 2. The highest BCUT2D eigenvalue weighted by Gasteiger charge is 2.32. The molecule has 4 heteroatoms. The third-order valence-electron chi connectivity index (χ3n) is 3.90. The van der Waals surface area contributed by atoms with Crippen molar-refractivity contribution in [1.82, 2.24) is 0 Å². The first-order valence-corrected chi connectivity index (χ1v) is 8.66. The van der Waals surface area contributed by atoms with E-state index >= 15 is 0 Å². The molecule has 0 saturated heterocycles. The van der Waals surface area contributed by atoms with Crippen LogP contribution in [0.25, 0.3) is 0 Å². The van der Waals surface area contributed by atoms with Crippen molar-refractivity contribution in [2.75, 3.05) is 0 Å². The Morgan fingerprint density at radius 2 is 2.12 bits per heavy atom. The fourth-order valence-corrected chi connectivity index (χ4v) is 5.85. The summed E-state index contributed by atoms with van der Waals surface area (Å²) in [7, 11) is 0. The Balaban J connectivity index is 2.17. The first-order valence-electron chi connectivity index (χ1n) is 6.26. The standard InChI is InChI=1S/C13H18Br2OS/c1-2-8-5-3-4-6-9(8)12(16)10-7-11(14)17-13(10)15/h7-9,12,16H,2-6H2,1H3. The minimum Gasteiger partial charge on any atom is -0.388 e. The van der Waals surface area contributed by atoms with Crippen molar-refractivity contribution in [3.63, 3.8) is 0 Å². The van der Waals surface area contributed by atoms with E-state index in [0.29, 0.717) is 11.8 Å². The van der Waals surface area contributed by atoms with Gasteiger partial charge in [-0.1, -0.05) is 32.6 Å². The van der Waals surface area contributed by atoms with Crippen LogP contribution in [0, 0.1) is 11.8 Å². The van der Waals surface area contributed by atoms with Gasteiger partial charge in [-0.25, -0.2) is 0 Å². The number of halogens is 2. The van der Waals surface area contributed by atoms with Crippen molar-refractivity contribution in [1.29, 1.82) is 0 Å². The molecule has 1 aromatic heterocycles. The van der Waals surface area contributed by atoms with Crippen LogP contribution in [0.1, 0.15) is 50.7 Å². The third kappa shape index (κ3) is 3.14. The van der Waals surface area contributed by atoms with Crippen LogP contribution in [0.15, 0.2) is 13.6 Å². The highest BCUT2D eigenvalue weighted by molar-refractivity contribution is 9.12. The molecule has 1 saturated carbocycles. The molecular weight excluding hydrogens is 364 g/mol. The van der Waals surface area contributed by atoms with E-state index in [9.17, 15) is 5.11 Å². The maximum atomic E-state index is 10.6. The third-order valence-corrected chi connectivity index (χ3v) is 6.29. The van der Waals surface area contributed by atoms with Crippen LogP contribution in [-0.4, -0.2) is 5.11 Å². The fourth-order valence-electron chi connectivity index (χ4n) is 2.94. The molecule has 1 fully saturated rings. The Morgan fingerprint density at radius 1 is 1.41 bits per heavy atom. The minimum absolute atomic E-state index is 0.308. The maximum absolute atomic E-state index is 10.6. The molecule has 1 heterocycles. The molecule has 0 radical (unpaired) electrons. The Morgan fingerprint density at radius 3 is 2.71 bits per heavy atom. The lowest BCUT2D eigenvalue weighted by Gasteiger charge is -2.34. The molecule has 1 aliphatic carbocycles. The van der Waals surface area contributed by atoms with Crippen molar-refractivity contribution in [2.45, 2.75) is 45.1 Å². The molecule has 0 aliphatic heterocycles. The van der Waals surface area contributed by atoms with Gasteiger partial charge in [0, 0.05) is 5.56 Å². The summed E-state index contributed by atoms with van der Waals surface area (Å²) >= 11 is 8.68. The smallest absolute Gasteiger partial charge is 0.0840 e. The van der Waals surface area contributed by atoms with E-state index in [1.54, 1.807) is 11.3 Å². The zero-order chi connectivity index (χ0) is 12.4. The summed E-state index contributed by atoms with van der Waals surface area (Å²) in [6.45, 7) is 2.24. The molecule has 17 heavy (non-hydrogen) atoms. The zero-order valence-corrected chi connectivity index (χ0v) is 13.9. The van der Waals surface area contributed by atoms with Gasteiger partial charge in [-0.05, 0) is 56.2 Å². The van der Waals surface area contributed by atoms with Gasteiger partial charge in [0.25, 0.3) is 0 Å². The van der Waals surface area contributed by atoms with Gasteiger partial charge in [-0.3, -0.25) is 0 Å². The van der Waals surface area contributed by atoms with Gasteiger partial charge < -0.3 is 5.11 Å². The van der Waals surface area contributed by atoms with Gasteiger partial charge in [0.15, 0.2) is 0 Å². The molecule has 0 bridgehead atoms. The van der Waals surface area contributed by atoms with Crippen molar-refractivity contribution in [3.8, 4) is 0 Å². The van der Waals surface area contributed by atoms with Crippen molar-refractivity contribution < 1.29 is 5.11 Å². The summed E-state index contributed by atoms with van der Waals surface area (Å²) in [6, 6.07) is 2.06. The quantitative estimate of drug-likeness (QED) is 0.730. The van der Waals surface area contributed by atoms with Gasteiger partial charge in [0.05, 0.1) is 13.7 Å². The predicted octanol–water partition coefficient (Wildman–Crippen LogP) is 5.52. The normalized spacial score (nSPS) is 27.1. The van der Waals surface area contributed by atoms with E-state index in [-0.39, 0.29) is 6.10 Å². The van der Waals surface area contributed by atoms with E-state index in [2.05, 4.69) is 44.8 Å². The molecule has 3 atom stereocenters. The number of thiophene rings is 1. The highest BCUT2D eigenvalue weighted by Crippen LogP contribution is 2.44. The molecule has 3 unspecified atom stereocenters. The molecule has 96 valence electrons. The SMILES string of the molecule is CCC1CCCCC1C(O)c1cc(Br)sc1Br. The zero-order valence-electron chi connectivity index (χ0n) is 9.96. The summed E-state index contributed by atoms with van der Waals surface area (Å²) in [5.74, 6) is 1.12. The molecule has 0 amide bonds. The van der Waals surface area contributed by atoms with E-state index in [1.165, 1.54) is 32.1 Å². The summed E-state index contributed by atoms with van der Waals surface area (Å²) < 4.78 is 2.15. The average molecular weight is 382 g/mol. The molecule has 1 aliphatic rings. The van der Waals surface area contributed by atoms with Crippen LogP contribution in [0.3, 0.4) is 0 Å². The molecule has 1 aromatic rings. The van der Waals surface area contributed by atoms with E-state index < -0.39 is 0 Å². The molecule has 0 aromatic carbocycles. The first kappa shape index (κ1) is 14.0. The van der Waals surface area contributed by atoms with Crippen molar-refractivity contribution >= 4 is 43.2 Å². The van der Waals surface area contributed by atoms with Crippen LogP contribution in [0.4, 0.5) is 0 Å². The number of rotatable bonds is 3. The predicted molar refractivity (Wildman–Crippen MR) is 80.4 cm³/mol. The molecule has 2 rings (SSSR count). The number of aliphatic hydroxyl groups excluding tert-OH is 1. The second kappa shape index (κ2) is 6.18. The lowest BCUT2D eigenvalue weighted by atomic mass is 9.74. The highest BCUT2D eigenvalue weighted by atomic mass is 79.9. The number of aliphatic hydroxyl groups is 1. The largest absolute Gasteiger partial charge is 0.388 e. The van der Waals surface area contributed by atoms with Crippen molar-refractivity contribution in [3.05, 3.63) is 19.2 Å². The van der Waals surface area contributed by atoms with Crippen LogP contribution in [0.5, 0.6) is 0 Å². The van der Waals surface area contributed by atoms with Crippen LogP contribution in [0.2, 0.25) is 0 Å². The summed E-state index contributed by atoms with van der Waals surface area (Å²) in [5.41, 5.74) is 1.06. The van der Waals surface area contributed by atoms with Gasteiger partial charge in [0.2, 0.25) is 0 Å². The Labute approximate surface area is 124 Å². The van der Waals surface area contributed by atoms with Crippen molar-refractivity contribution in [2.24, 2.45) is 11.8 Å². The average Bonchev–Trinajstić information content (AvgIpc) is 2.67. The molecule has 1 nitrogen and oxygen atoms in total. The van der Waals surface area contributed by atoms with Crippen LogP contribution < -0.4 is 0 Å². The molecule has 0 spiro atoms. The summed E-state index contributed by atoms with van der Waals surface area (Å²) in [5, 5.41) is 10.6. The summed E-state index contributed by atoms with van der Waals surface area (Å²) in [6.07, 6.45) is 5.92. The van der Waals surface area contributed by atoms with Gasteiger partial charge in [-0.15, -0.1) is 11.3 Å². The van der Waals surface area contributed by atoms with E-state index in [4.69, 9.17) is 0 Å².